The molecular formula is C11H17N5. The van der Waals surface area contributed by atoms with Crippen molar-refractivity contribution in [1.29, 1.82) is 0 Å². The minimum Gasteiger partial charge on any atom is -0.384 e. The molecule has 1 atom stereocenters. The molecule has 0 radical (unpaired) electrons. The Morgan fingerprint density at radius 2 is 2.00 bits per heavy atom. The molecule has 0 aliphatic rings. The molecule has 2 rings (SSSR count). The summed E-state index contributed by atoms with van der Waals surface area (Å²) in [6, 6.07) is 1.99. The first-order valence-electron chi connectivity index (χ1n) is 5.31. The molecule has 2 N–H and O–H groups in total. The second-order valence-corrected chi connectivity index (χ2v) is 4.17. The van der Waals surface area contributed by atoms with Crippen molar-refractivity contribution in [2.75, 3.05) is 5.73 Å². The summed E-state index contributed by atoms with van der Waals surface area (Å²) in [5.74, 6) is 0.688. The van der Waals surface area contributed by atoms with Gasteiger partial charge in [-0.15, -0.1) is 0 Å². The molecule has 0 spiro atoms. The lowest BCUT2D eigenvalue weighted by Gasteiger charge is -2.12. The highest BCUT2D eigenvalue weighted by molar-refractivity contribution is 5.33. The lowest BCUT2D eigenvalue weighted by atomic mass is 10.1. The summed E-state index contributed by atoms with van der Waals surface area (Å²) in [5, 5.41) is 8.72. The average Bonchev–Trinajstić information content (AvgIpc) is 2.68. The van der Waals surface area contributed by atoms with Gasteiger partial charge in [-0.2, -0.15) is 10.2 Å². The minimum absolute atomic E-state index is 0.113. The fourth-order valence-electron chi connectivity index (χ4n) is 2.01. The van der Waals surface area contributed by atoms with Crippen LogP contribution in [0.25, 0.3) is 0 Å². The standard InChI is InChI=1S/C11H17N5/c1-7-5-11(12)16(13-7)9(3)10-6-15(4)14-8(10)2/h5-6,9H,12H2,1-4H3. The van der Waals surface area contributed by atoms with Gasteiger partial charge < -0.3 is 5.73 Å². The van der Waals surface area contributed by atoms with E-state index in [-0.39, 0.29) is 6.04 Å². The number of hydrogen-bond donors (Lipinski definition) is 1. The first-order chi connectivity index (χ1) is 7.49. The third-order valence-corrected chi connectivity index (χ3v) is 2.76. The molecule has 0 aromatic carbocycles. The lowest BCUT2D eigenvalue weighted by Crippen LogP contribution is -2.11. The normalized spacial score (nSPS) is 13.0. The van der Waals surface area contributed by atoms with Crippen LogP contribution in [-0.2, 0) is 7.05 Å². The van der Waals surface area contributed by atoms with Crippen LogP contribution in [0.3, 0.4) is 0 Å². The van der Waals surface area contributed by atoms with Gasteiger partial charge in [0.2, 0.25) is 0 Å². The summed E-state index contributed by atoms with van der Waals surface area (Å²) in [5.41, 5.74) is 9.01. The van der Waals surface area contributed by atoms with Gasteiger partial charge in [0.25, 0.3) is 0 Å². The molecule has 0 saturated carbocycles. The van der Waals surface area contributed by atoms with Crippen LogP contribution in [0, 0.1) is 13.8 Å². The Balaban J connectivity index is 2.42. The van der Waals surface area contributed by atoms with Crippen LogP contribution in [0.2, 0.25) is 0 Å². The van der Waals surface area contributed by atoms with E-state index in [1.165, 1.54) is 0 Å². The molecule has 0 aliphatic heterocycles. The zero-order valence-corrected chi connectivity index (χ0v) is 10.1. The Hall–Kier alpha value is -1.78. The van der Waals surface area contributed by atoms with Crippen molar-refractivity contribution in [3.63, 3.8) is 0 Å². The molecule has 16 heavy (non-hydrogen) atoms. The summed E-state index contributed by atoms with van der Waals surface area (Å²) >= 11 is 0. The highest BCUT2D eigenvalue weighted by Gasteiger charge is 2.16. The smallest absolute Gasteiger partial charge is 0.122 e. The average molecular weight is 219 g/mol. The van der Waals surface area contributed by atoms with Crippen molar-refractivity contribution >= 4 is 5.82 Å². The summed E-state index contributed by atoms with van der Waals surface area (Å²) < 4.78 is 3.65. The molecule has 1 unspecified atom stereocenters. The monoisotopic (exact) mass is 219 g/mol. The van der Waals surface area contributed by atoms with E-state index in [4.69, 9.17) is 5.73 Å². The molecule has 2 heterocycles. The maximum Gasteiger partial charge on any atom is 0.122 e. The number of hydrogen-bond acceptors (Lipinski definition) is 3. The van der Waals surface area contributed by atoms with E-state index < -0.39 is 0 Å². The predicted octanol–water partition coefficient (Wildman–Crippen LogP) is 1.42. The van der Waals surface area contributed by atoms with Crippen molar-refractivity contribution < 1.29 is 0 Å². The molecule has 0 bridgehead atoms. The fraction of sp³-hybridized carbons (Fsp3) is 0.455. The Kier molecular flexibility index (Phi) is 2.46. The maximum absolute atomic E-state index is 5.91. The van der Waals surface area contributed by atoms with E-state index in [1.807, 2.05) is 42.5 Å². The van der Waals surface area contributed by atoms with E-state index >= 15 is 0 Å². The fourth-order valence-corrected chi connectivity index (χ4v) is 2.01. The largest absolute Gasteiger partial charge is 0.384 e. The second-order valence-electron chi connectivity index (χ2n) is 4.17. The first kappa shape index (κ1) is 10.7. The quantitative estimate of drug-likeness (QED) is 0.831. The van der Waals surface area contributed by atoms with Crippen LogP contribution in [0.4, 0.5) is 5.82 Å². The Morgan fingerprint density at radius 1 is 1.31 bits per heavy atom. The van der Waals surface area contributed by atoms with E-state index in [1.54, 1.807) is 0 Å². The van der Waals surface area contributed by atoms with Gasteiger partial charge in [-0.3, -0.25) is 4.68 Å². The van der Waals surface area contributed by atoms with Crippen molar-refractivity contribution in [3.8, 4) is 0 Å². The van der Waals surface area contributed by atoms with Gasteiger partial charge >= 0.3 is 0 Å². The molecule has 5 nitrogen and oxygen atoms in total. The number of rotatable bonds is 2. The van der Waals surface area contributed by atoms with Crippen molar-refractivity contribution in [2.45, 2.75) is 26.8 Å². The van der Waals surface area contributed by atoms with Gasteiger partial charge in [0, 0.05) is 24.9 Å². The van der Waals surface area contributed by atoms with Gasteiger partial charge in [0.05, 0.1) is 17.4 Å². The molecule has 86 valence electrons. The molecular weight excluding hydrogens is 202 g/mol. The van der Waals surface area contributed by atoms with Gasteiger partial charge in [0.15, 0.2) is 0 Å². The summed E-state index contributed by atoms with van der Waals surface area (Å²) in [6.07, 6.45) is 2.01. The van der Waals surface area contributed by atoms with Gasteiger partial charge in [0.1, 0.15) is 5.82 Å². The van der Waals surface area contributed by atoms with Crippen LogP contribution < -0.4 is 5.73 Å². The van der Waals surface area contributed by atoms with Crippen LogP contribution in [-0.4, -0.2) is 19.6 Å². The second kappa shape index (κ2) is 3.66. The van der Waals surface area contributed by atoms with E-state index in [9.17, 15) is 0 Å². The Morgan fingerprint density at radius 3 is 2.44 bits per heavy atom. The number of nitrogen functional groups attached to an aromatic ring is 1. The van der Waals surface area contributed by atoms with Gasteiger partial charge in [-0.25, -0.2) is 4.68 Å². The third kappa shape index (κ3) is 1.68. The summed E-state index contributed by atoms with van der Waals surface area (Å²) in [6.45, 7) is 6.01. The van der Waals surface area contributed by atoms with Crippen LogP contribution >= 0.6 is 0 Å². The first-order valence-corrected chi connectivity index (χ1v) is 5.31. The van der Waals surface area contributed by atoms with Crippen LogP contribution in [0.5, 0.6) is 0 Å². The third-order valence-electron chi connectivity index (χ3n) is 2.76. The van der Waals surface area contributed by atoms with Gasteiger partial charge in [-0.05, 0) is 20.8 Å². The Bertz CT molecular complexity index is 462. The number of aromatic nitrogens is 4. The zero-order chi connectivity index (χ0) is 11.9. The molecule has 0 aliphatic carbocycles. The van der Waals surface area contributed by atoms with Crippen LogP contribution in [0.15, 0.2) is 12.3 Å². The number of nitrogens with zero attached hydrogens (tertiary/aromatic N) is 4. The lowest BCUT2D eigenvalue weighted by molar-refractivity contribution is 0.566. The summed E-state index contributed by atoms with van der Waals surface area (Å²) in [4.78, 5) is 0. The zero-order valence-electron chi connectivity index (χ0n) is 10.1. The maximum atomic E-state index is 5.91. The molecule has 0 fully saturated rings. The van der Waals surface area contributed by atoms with Crippen molar-refractivity contribution in [3.05, 3.63) is 29.2 Å². The SMILES string of the molecule is Cc1cc(N)n(C(C)c2cn(C)nc2C)n1. The molecule has 0 saturated heterocycles. The molecule has 2 aromatic heterocycles. The Labute approximate surface area is 94.9 Å². The van der Waals surface area contributed by atoms with E-state index in [0.717, 1.165) is 17.0 Å². The summed E-state index contributed by atoms with van der Waals surface area (Å²) in [7, 11) is 1.92. The minimum atomic E-state index is 0.113. The number of nitrogens with two attached hydrogens (primary N) is 1. The molecule has 0 amide bonds. The number of aryl methyl sites for hydroxylation is 3. The van der Waals surface area contributed by atoms with E-state index in [2.05, 4.69) is 17.1 Å². The van der Waals surface area contributed by atoms with Crippen molar-refractivity contribution in [1.82, 2.24) is 19.6 Å². The predicted molar refractivity (Wildman–Crippen MR) is 63.1 cm³/mol. The van der Waals surface area contributed by atoms with E-state index in [0.29, 0.717) is 5.82 Å². The van der Waals surface area contributed by atoms with Crippen LogP contribution in [0.1, 0.15) is 29.9 Å². The molecule has 5 heteroatoms. The molecule has 2 aromatic rings. The van der Waals surface area contributed by atoms with Crippen molar-refractivity contribution in [2.24, 2.45) is 7.05 Å². The van der Waals surface area contributed by atoms with Gasteiger partial charge in [-0.1, -0.05) is 0 Å². The highest BCUT2D eigenvalue weighted by Crippen LogP contribution is 2.22. The highest BCUT2D eigenvalue weighted by atomic mass is 15.3. The number of anilines is 1. The topological polar surface area (TPSA) is 61.7 Å².